The summed E-state index contributed by atoms with van der Waals surface area (Å²) in [6.45, 7) is 0. The third-order valence-electron chi connectivity index (χ3n) is 2.77. The number of aromatic carboxylic acids is 1. The van der Waals surface area contributed by atoms with E-state index in [0.29, 0.717) is 17.0 Å². The Morgan fingerprint density at radius 3 is 2.90 bits per heavy atom. The van der Waals surface area contributed by atoms with Crippen molar-refractivity contribution in [2.45, 2.75) is 0 Å². The van der Waals surface area contributed by atoms with Gasteiger partial charge < -0.3 is 10.1 Å². The van der Waals surface area contributed by atoms with E-state index in [1.54, 1.807) is 0 Å². The lowest BCUT2D eigenvalue weighted by molar-refractivity contribution is 0.0696. The number of H-pyrrole nitrogens is 1. The van der Waals surface area contributed by atoms with Crippen LogP contribution in [-0.2, 0) is 0 Å². The molecule has 0 amide bonds. The first-order chi connectivity index (χ1) is 9.54. The molecule has 0 bridgehead atoms. The van der Waals surface area contributed by atoms with Crippen molar-refractivity contribution in [3.05, 3.63) is 44.1 Å². The highest BCUT2D eigenvalue weighted by Crippen LogP contribution is 2.29. The van der Waals surface area contributed by atoms with Gasteiger partial charge >= 0.3 is 5.97 Å². The number of pyridine rings is 1. The molecule has 0 radical (unpaired) electrons. The van der Waals surface area contributed by atoms with Crippen LogP contribution in [-0.4, -0.2) is 26.0 Å². The van der Waals surface area contributed by atoms with Crippen LogP contribution in [0.25, 0.3) is 22.6 Å². The van der Waals surface area contributed by atoms with Crippen molar-refractivity contribution in [3.8, 4) is 11.4 Å². The van der Waals surface area contributed by atoms with E-state index in [0.717, 1.165) is 13.6 Å². The van der Waals surface area contributed by atoms with Gasteiger partial charge in [-0.2, -0.15) is 0 Å². The number of aromatic amines is 1. The van der Waals surface area contributed by atoms with E-state index >= 15 is 0 Å². The lowest BCUT2D eigenvalue weighted by Crippen LogP contribution is -1.96. The van der Waals surface area contributed by atoms with Crippen molar-refractivity contribution in [1.29, 1.82) is 0 Å². The van der Waals surface area contributed by atoms with Crippen LogP contribution in [0.1, 0.15) is 10.4 Å². The van der Waals surface area contributed by atoms with Gasteiger partial charge in [0.2, 0.25) is 0 Å². The number of rotatable bonds is 2. The predicted octanol–water partition coefficient (Wildman–Crippen LogP) is 3.69. The Morgan fingerprint density at radius 2 is 2.15 bits per heavy atom. The number of nitrogens with zero attached hydrogens (tertiary/aromatic N) is 2. The lowest BCUT2D eigenvalue weighted by atomic mass is 10.2. The zero-order valence-corrected chi connectivity index (χ0v) is 13.6. The minimum absolute atomic E-state index is 0.134. The third kappa shape index (κ3) is 2.42. The summed E-state index contributed by atoms with van der Waals surface area (Å²) in [6.07, 6.45) is 1.30. The molecule has 0 saturated heterocycles. The van der Waals surface area contributed by atoms with Gasteiger partial charge in [-0.05, 0) is 46.9 Å². The Morgan fingerprint density at radius 1 is 1.35 bits per heavy atom. The van der Waals surface area contributed by atoms with Crippen LogP contribution in [0.4, 0.5) is 0 Å². The monoisotopic (exact) mass is 443 g/mol. The number of hydrogen-bond donors (Lipinski definition) is 2. The number of hydrogen-bond acceptors (Lipinski definition) is 3. The number of halogens is 2. The minimum atomic E-state index is -1.01. The number of aromatic nitrogens is 3. The van der Waals surface area contributed by atoms with Crippen LogP contribution in [0, 0.1) is 3.57 Å². The molecule has 1 aromatic carbocycles. The Labute approximate surface area is 135 Å². The molecule has 0 spiro atoms. The van der Waals surface area contributed by atoms with Crippen LogP contribution < -0.4 is 0 Å². The first-order valence-corrected chi connectivity index (χ1v) is 7.46. The summed E-state index contributed by atoms with van der Waals surface area (Å²) in [5.41, 5.74) is 2.14. The largest absolute Gasteiger partial charge is 0.478 e. The second-order valence-corrected chi connectivity index (χ2v) is 6.21. The maximum Gasteiger partial charge on any atom is 0.337 e. The molecule has 0 fully saturated rings. The molecule has 2 heterocycles. The quantitative estimate of drug-likeness (QED) is 0.592. The molecule has 0 unspecified atom stereocenters. The van der Waals surface area contributed by atoms with Crippen LogP contribution in [0.2, 0.25) is 0 Å². The van der Waals surface area contributed by atoms with Crippen molar-refractivity contribution in [1.82, 2.24) is 15.0 Å². The van der Waals surface area contributed by atoms with Gasteiger partial charge in [-0.3, -0.25) is 0 Å². The molecule has 2 N–H and O–H groups in total. The van der Waals surface area contributed by atoms with E-state index in [1.165, 1.54) is 12.3 Å². The summed E-state index contributed by atoms with van der Waals surface area (Å²) in [4.78, 5) is 22.5. The van der Waals surface area contributed by atoms with Gasteiger partial charge in [0.1, 0.15) is 5.82 Å². The van der Waals surface area contributed by atoms with Crippen LogP contribution in [0.3, 0.4) is 0 Å². The van der Waals surface area contributed by atoms with Crippen molar-refractivity contribution in [3.63, 3.8) is 0 Å². The average molecular weight is 444 g/mol. The topological polar surface area (TPSA) is 78.9 Å². The number of nitrogens with one attached hydrogen (secondary N) is 1. The molecule has 100 valence electrons. The highest BCUT2D eigenvalue weighted by Gasteiger charge is 2.12. The molecule has 3 aromatic rings. The fraction of sp³-hybridized carbons (Fsp3) is 0. The molecule has 20 heavy (non-hydrogen) atoms. The summed E-state index contributed by atoms with van der Waals surface area (Å²) >= 11 is 5.71. The summed E-state index contributed by atoms with van der Waals surface area (Å²) in [7, 11) is 0. The van der Waals surface area contributed by atoms with Gasteiger partial charge in [-0.1, -0.05) is 15.9 Å². The third-order valence-corrected chi connectivity index (χ3v) is 4.13. The number of imidazole rings is 1. The van der Waals surface area contributed by atoms with E-state index < -0.39 is 5.97 Å². The average Bonchev–Trinajstić information content (AvgIpc) is 2.83. The molecule has 0 aliphatic heterocycles. The zero-order chi connectivity index (χ0) is 14.3. The van der Waals surface area contributed by atoms with Gasteiger partial charge in [-0.25, -0.2) is 14.8 Å². The minimum Gasteiger partial charge on any atom is -0.478 e. The summed E-state index contributed by atoms with van der Waals surface area (Å²) in [6, 6.07) is 7.45. The van der Waals surface area contributed by atoms with E-state index in [2.05, 4.69) is 53.5 Å². The standard InChI is InChI=1S/C13H7BrIN3O2/c14-9-2-1-7(15)4-8(9)11-17-10-3-6(13(19)20)5-16-12(10)18-11/h1-5H,(H,19,20)(H,16,17,18). The van der Waals surface area contributed by atoms with Crippen LogP contribution in [0.15, 0.2) is 34.9 Å². The molecule has 0 aliphatic carbocycles. The molecule has 0 saturated carbocycles. The Balaban J connectivity index is 2.17. The van der Waals surface area contributed by atoms with Gasteiger partial charge in [0.05, 0.1) is 11.1 Å². The van der Waals surface area contributed by atoms with E-state index in [1.807, 2.05) is 18.2 Å². The van der Waals surface area contributed by atoms with Gasteiger partial charge in [-0.15, -0.1) is 0 Å². The van der Waals surface area contributed by atoms with Crippen molar-refractivity contribution < 1.29 is 9.90 Å². The van der Waals surface area contributed by atoms with Crippen LogP contribution >= 0.6 is 38.5 Å². The lowest BCUT2D eigenvalue weighted by Gasteiger charge is -2.01. The molecule has 0 atom stereocenters. The van der Waals surface area contributed by atoms with Crippen molar-refractivity contribution >= 4 is 55.7 Å². The SMILES string of the molecule is O=C(O)c1cnc2nc(-c3cc(I)ccc3Br)[nH]c2c1. The summed E-state index contributed by atoms with van der Waals surface area (Å²) in [5.74, 6) is -0.355. The molecular weight excluding hydrogens is 437 g/mol. The number of benzene rings is 1. The van der Waals surface area contributed by atoms with Gasteiger partial charge in [0.15, 0.2) is 5.65 Å². The van der Waals surface area contributed by atoms with E-state index in [9.17, 15) is 4.79 Å². The molecule has 5 nitrogen and oxygen atoms in total. The Kier molecular flexibility index (Phi) is 3.47. The number of fused-ring (bicyclic) bond motifs is 1. The smallest absolute Gasteiger partial charge is 0.337 e. The number of carbonyl (C=O) groups is 1. The molecule has 0 aliphatic rings. The fourth-order valence-corrected chi connectivity index (χ4v) is 2.75. The molecule has 3 rings (SSSR count). The first-order valence-electron chi connectivity index (χ1n) is 5.59. The van der Waals surface area contributed by atoms with Crippen molar-refractivity contribution in [2.75, 3.05) is 0 Å². The second-order valence-electron chi connectivity index (χ2n) is 4.11. The van der Waals surface area contributed by atoms with E-state index in [-0.39, 0.29) is 5.56 Å². The van der Waals surface area contributed by atoms with Gasteiger partial charge in [0, 0.05) is 19.8 Å². The number of carboxylic acid groups (broad SMARTS) is 1. The fourth-order valence-electron chi connectivity index (χ4n) is 1.82. The highest BCUT2D eigenvalue weighted by molar-refractivity contribution is 14.1. The number of carboxylic acids is 1. The normalized spacial score (nSPS) is 10.9. The Hall–Kier alpha value is -1.48. The molecule has 2 aromatic heterocycles. The second kappa shape index (κ2) is 5.13. The maximum absolute atomic E-state index is 10.9. The predicted molar refractivity (Wildman–Crippen MR) is 86.7 cm³/mol. The van der Waals surface area contributed by atoms with E-state index in [4.69, 9.17) is 5.11 Å². The molecule has 7 heteroatoms. The van der Waals surface area contributed by atoms with Crippen LogP contribution in [0.5, 0.6) is 0 Å². The zero-order valence-electron chi connectivity index (χ0n) is 9.89. The first kappa shape index (κ1) is 13.5. The molecular formula is C13H7BrIN3O2. The summed E-state index contributed by atoms with van der Waals surface area (Å²) < 4.78 is 2.00. The maximum atomic E-state index is 10.9. The van der Waals surface area contributed by atoms with Crippen molar-refractivity contribution in [2.24, 2.45) is 0 Å². The Bertz CT molecular complexity index is 832. The summed E-state index contributed by atoms with van der Waals surface area (Å²) in [5, 5.41) is 8.97. The van der Waals surface area contributed by atoms with Gasteiger partial charge in [0.25, 0.3) is 0 Å². The highest BCUT2D eigenvalue weighted by atomic mass is 127.